The molecule has 0 aromatic carbocycles. The summed E-state index contributed by atoms with van der Waals surface area (Å²) in [6, 6.07) is 0. The normalized spacial score (nSPS) is 18.0. The maximum absolute atomic E-state index is 11.7. The smallest absolute Gasteiger partial charge is 0.215 e. The van der Waals surface area contributed by atoms with E-state index in [9.17, 15) is 9.59 Å². The van der Waals surface area contributed by atoms with Crippen LogP contribution in [-0.2, 0) is 9.59 Å². The average Bonchev–Trinajstić information content (AvgIpc) is 2.82. The van der Waals surface area contributed by atoms with Gasteiger partial charge in [-0.25, -0.2) is 10.0 Å². The average molecular weight is 317 g/mol. The van der Waals surface area contributed by atoms with E-state index in [1.165, 1.54) is 23.5 Å². The lowest BCUT2D eigenvalue weighted by atomic mass is 10.4. The van der Waals surface area contributed by atoms with Crippen molar-refractivity contribution in [2.45, 2.75) is 13.8 Å². The molecular formula is C14H20O2S3. The highest BCUT2D eigenvalue weighted by atomic mass is 32.3. The number of carbonyl (C=O) groups is 2. The maximum Gasteiger partial charge on any atom is 0.215 e. The molecule has 0 saturated carbocycles. The summed E-state index contributed by atoms with van der Waals surface area (Å²) in [6.45, 7) is 10.8. The molecule has 0 aliphatic carbocycles. The summed E-state index contributed by atoms with van der Waals surface area (Å²) in [5, 5.41) is 1.77. The molecule has 106 valence electrons. The first-order valence-corrected chi connectivity index (χ1v) is 10.2. The quantitative estimate of drug-likeness (QED) is 0.549. The molecule has 0 spiro atoms. The third-order valence-electron chi connectivity index (χ3n) is 2.64. The lowest BCUT2D eigenvalue weighted by molar-refractivity contribution is -0.108. The third-order valence-corrected chi connectivity index (χ3v) is 10.6. The fourth-order valence-corrected chi connectivity index (χ4v) is 8.44. The van der Waals surface area contributed by atoms with Crippen LogP contribution >= 0.6 is 33.6 Å². The Morgan fingerprint density at radius 2 is 1.37 bits per heavy atom. The zero-order valence-electron chi connectivity index (χ0n) is 11.4. The fourth-order valence-electron chi connectivity index (χ4n) is 1.44. The number of rotatable bonds is 6. The standard InChI is InChI=1S/C14H20O2S3/c1-11(2)13(15)17-9-19(7-5-6-8-19)10-18-14(16)12(3)4/h5-6H,1,3,7-10H2,2,4H3. The van der Waals surface area contributed by atoms with Crippen molar-refractivity contribution in [3.63, 3.8) is 0 Å². The Balaban J connectivity index is 2.55. The van der Waals surface area contributed by atoms with E-state index in [0.29, 0.717) is 11.1 Å². The monoisotopic (exact) mass is 316 g/mol. The summed E-state index contributed by atoms with van der Waals surface area (Å²) >= 11 is 2.70. The predicted octanol–water partition coefficient (Wildman–Crippen LogP) is 3.95. The van der Waals surface area contributed by atoms with Gasteiger partial charge in [-0.2, -0.15) is 0 Å². The molecule has 1 aliphatic heterocycles. The van der Waals surface area contributed by atoms with Gasteiger partial charge in [-0.05, 0) is 36.5 Å². The summed E-state index contributed by atoms with van der Waals surface area (Å²) in [5.74, 6) is 2.03. The third kappa shape index (κ3) is 5.24. The second-order valence-corrected chi connectivity index (χ2v) is 11.0. The summed E-state index contributed by atoms with van der Waals surface area (Å²) in [4.78, 5) is 23.3. The number of carbonyl (C=O) groups excluding carboxylic acids is 2. The van der Waals surface area contributed by atoms with E-state index in [0.717, 1.165) is 21.7 Å². The van der Waals surface area contributed by atoms with Gasteiger partial charge in [0.05, 0.1) is 0 Å². The fraction of sp³-hybridized carbons (Fsp3) is 0.429. The molecule has 0 amide bonds. The minimum absolute atomic E-state index is 0.0648. The van der Waals surface area contributed by atoms with Gasteiger partial charge in [0.1, 0.15) is 0 Å². The molecule has 0 N–H and O–H groups in total. The second kappa shape index (κ2) is 7.41. The summed E-state index contributed by atoms with van der Waals surface area (Å²) in [5.41, 5.74) is 1.19. The Morgan fingerprint density at radius 1 is 1.00 bits per heavy atom. The van der Waals surface area contributed by atoms with Crippen molar-refractivity contribution >= 4 is 43.8 Å². The van der Waals surface area contributed by atoms with E-state index >= 15 is 0 Å². The van der Waals surface area contributed by atoms with Crippen LogP contribution in [0.3, 0.4) is 0 Å². The molecule has 1 aliphatic rings. The van der Waals surface area contributed by atoms with Crippen molar-refractivity contribution in [1.29, 1.82) is 0 Å². The Morgan fingerprint density at radius 3 is 1.68 bits per heavy atom. The lowest BCUT2D eigenvalue weighted by Crippen LogP contribution is -2.12. The van der Waals surface area contributed by atoms with Crippen LogP contribution in [0.5, 0.6) is 0 Å². The van der Waals surface area contributed by atoms with Crippen LogP contribution in [0.1, 0.15) is 13.8 Å². The molecule has 2 nitrogen and oxygen atoms in total. The minimum Gasteiger partial charge on any atom is -0.282 e. The topological polar surface area (TPSA) is 34.1 Å². The van der Waals surface area contributed by atoms with Gasteiger partial charge in [0.2, 0.25) is 10.2 Å². The van der Waals surface area contributed by atoms with Crippen molar-refractivity contribution in [1.82, 2.24) is 0 Å². The van der Waals surface area contributed by atoms with Gasteiger partial charge < -0.3 is 0 Å². The van der Waals surface area contributed by atoms with Crippen molar-refractivity contribution in [2.75, 3.05) is 21.7 Å². The van der Waals surface area contributed by atoms with Crippen LogP contribution in [0, 0.1) is 0 Å². The molecule has 0 atom stereocenters. The summed E-state index contributed by atoms with van der Waals surface area (Å²) in [7, 11) is -0.927. The highest BCUT2D eigenvalue weighted by Crippen LogP contribution is 2.56. The van der Waals surface area contributed by atoms with Crippen LogP contribution in [0.15, 0.2) is 36.5 Å². The van der Waals surface area contributed by atoms with Gasteiger partial charge in [0, 0.05) is 10.2 Å². The van der Waals surface area contributed by atoms with Gasteiger partial charge >= 0.3 is 0 Å². The molecule has 1 rings (SSSR count). The van der Waals surface area contributed by atoms with Gasteiger partial charge in [-0.15, -0.1) is 0 Å². The molecule has 0 bridgehead atoms. The zero-order valence-corrected chi connectivity index (χ0v) is 13.9. The van der Waals surface area contributed by atoms with E-state index in [2.05, 4.69) is 25.3 Å². The highest BCUT2D eigenvalue weighted by Gasteiger charge is 2.27. The highest BCUT2D eigenvalue weighted by molar-refractivity contribution is 8.47. The van der Waals surface area contributed by atoms with Crippen molar-refractivity contribution in [3.05, 3.63) is 36.5 Å². The van der Waals surface area contributed by atoms with E-state index in [1.807, 2.05) is 0 Å². The first-order chi connectivity index (χ1) is 8.86. The largest absolute Gasteiger partial charge is 0.282 e. The molecule has 19 heavy (non-hydrogen) atoms. The number of hydrogen-bond acceptors (Lipinski definition) is 4. The maximum atomic E-state index is 11.7. The predicted molar refractivity (Wildman–Crippen MR) is 91.0 cm³/mol. The molecule has 0 aromatic heterocycles. The lowest BCUT2D eigenvalue weighted by Gasteiger charge is -2.34. The Kier molecular flexibility index (Phi) is 6.50. The molecule has 0 aromatic rings. The minimum atomic E-state index is -0.927. The number of hydrogen-bond donors (Lipinski definition) is 0. The van der Waals surface area contributed by atoms with Crippen LogP contribution in [0.2, 0.25) is 0 Å². The summed E-state index contributed by atoms with van der Waals surface area (Å²) < 4.78 is 0. The van der Waals surface area contributed by atoms with Crippen molar-refractivity contribution < 1.29 is 9.59 Å². The molecule has 1 heterocycles. The van der Waals surface area contributed by atoms with Gasteiger partial charge in [0.15, 0.2) is 0 Å². The molecule has 5 heteroatoms. The zero-order chi connectivity index (χ0) is 14.5. The van der Waals surface area contributed by atoms with Crippen LogP contribution < -0.4 is 0 Å². The van der Waals surface area contributed by atoms with E-state index in [-0.39, 0.29) is 10.2 Å². The van der Waals surface area contributed by atoms with E-state index < -0.39 is 10.0 Å². The van der Waals surface area contributed by atoms with Gasteiger partial charge in [0.25, 0.3) is 0 Å². The molecule has 0 unspecified atom stereocenters. The van der Waals surface area contributed by atoms with Crippen LogP contribution in [-0.4, -0.2) is 31.9 Å². The van der Waals surface area contributed by atoms with E-state index in [1.54, 1.807) is 13.8 Å². The van der Waals surface area contributed by atoms with Crippen molar-refractivity contribution in [2.24, 2.45) is 0 Å². The van der Waals surface area contributed by atoms with Gasteiger partial charge in [-0.3, -0.25) is 9.59 Å². The van der Waals surface area contributed by atoms with E-state index in [4.69, 9.17) is 0 Å². The summed E-state index contributed by atoms with van der Waals surface area (Å²) in [6.07, 6.45) is 4.35. The SMILES string of the molecule is C=C(C)C(=O)SCS1(CSC(=O)C(=C)C)CC=CC1. The second-order valence-electron chi connectivity index (χ2n) is 4.69. The van der Waals surface area contributed by atoms with Crippen LogP contribution in [0.4, 0.5) is 0 Å². The Labute approximate surface area is 125 Å². The van der Waals surface area contributed by atoms with Crippen molar-refractivity contribution in [3.8, 4) is 0 Å². The van der Waals surface area contributed by atoms with Gasteiger partial charge in [-0.1, -0.05) is 48.8 Å². The van der Waals surface area contributed by atoms with Crippen LogP contribution in [0.25, 0.3) is 0 Å². The first-order valence-electron chi connectivity index (χ1n) is 5.91. The molecular weight excluding hydrogens is 296 g/mol. The molecule has 0 saturated heterocycles. The Bertz CT molecular complexity index is 398. The number of thioether (sulfide) groups is 2. The Hall–Kier alpha value is -0.390. The molecule has 0 radical (unpaired) electrons. The first kappa shape index (κ1) is 16.7. The molecule has 0 fully saturated rings.